The summed E-state index contributed by atoms with van der Waals surface area (Å²) >= 11 is 0. The Kier molecular flexibility index (Phi) is 3.30. The maximum Gasteiger partial charge on any atom is 0.407 e. The lowest BCUT2D eigenvalue weighted by Gasteiger charge is -2.42. The van der Waals surface area contributed by atoms with E-state index >= 15 is 0 Å². The molecule has 1 rings (SSSR count). The van der Waals surface area contributed by atoms with Crippen molar-refractivity contribution < 1.29 is 24.5 Å². The standard InChI is InChI=1S/C8H15NO5/c1-13-8(14-2)3-4-9(7(11)12)5-6(8)10/h6,10H,3-5H2,1-2H3,(H,11,12). The first-order valence-corrected chi connectivity index (χ1v) is 4.32. The van der Waals surface area contributed by atoms with Gasteiger partial charge in [0.2, 0.25) is 0 Å². The molecule has 0 spiro atoms. The van der Waals surface area contributed by atoms with E-state index in [1.54, 1.807) is 0 Å². The topological polar surface area (TPSA) is 79.2 Å². The molecule has 0 aromatic heterocycles. The molecule has 1 saturated heterocycles. The number of hydrogen-bond acceptors (Lipinski definition) is 4. The number of carbonyl (C=O) groups is 1. The SMILES string of the molecule is COC1(OC)CCN(C(=O)O)CC1O. The fraction of sp³-hybridized carbons (Fsp3) is 0.875. The van der Waals surface area contributed by atoms with Crippen LogP contribution in [0.25, 0.3) is 0 Å². The van der Waals surface area contributed by atoms with E-state index < -0.39 is 18.0 Å². The van der Waals surface area contributed by atoms with E-state index in [-0.39, 0.29) is 6.54 Å². The molecule has 1 aliphatic rings. The average Bonchev–Trinajstić information content (AvgIpc) is 2.18. The molecular formula is C8H15NO5. The minimum atomic E-state index is -1.06. The van der Waals surface area contributed by atoms with Crippen LogP contribution in [-0.2, 0) is 9.47 Å². The van der Waals surface area contributed by atoms with Crippen molar-refractivity contribution in [2.24, 2.45) is 0 Å². The number of rotatable bonds is 2. The lowest BCUT2D eigenvalue weighted by molar-refractivity contribution is -0.276. The molecule has 2 N–H and O–H groups in total. The van der Waals surface area contributed by atoms with Crippen molar-refractivity contribution in [1.82, 2.24) is 4.90 Å². The Hall–Kier alpha value is -0.850. The van der Waals surface area contributed by atoms with Crippen molar-refractivity contribution in [3.63, 3.8) is 0 Å². The van der Waals surface area contributed by atoms with E-state index in [2.05, 4.69) is 0 Å². The molecule has 0 aromatic carbocycles. The fourth-order valence-electron chi connectivity index (χ4n) is 1.63. The summed E-state index contributed by atoms with van der Waals surface area (Å²) in [4.78, 5) is 11.8. The number of nitrogens with zero attached hydrogens (tertiary/aromatic N) is 1. The van der Waals surface area contributed by atoms with Gasteiger partial charge in [0.25, 0.3) is 0 Å². The minimum absolute atomic E-state index is 0.0109. The molecule has 1 heterocycles. The largest absolute Gasteiger partial charge is 0.465 e. The molecule has 1 fully saturated rings. The third-order valence-corrected chi connectivity index (χ3v) is 2.59. The maximum atomic E-state index is 10.6. The monoisotopic (exact) mass is 205 g/mol. The van der Waals surface area contributed by atoms with Crippen molar-refractivity contribution in [3.8, 4) is 0 Å². The lowest BCUT2D eigenvalue weighted by atomic mass is 10.0. The van der Waals surface area contributed by atoms with Crippen LogP contribution in [0, 0.1) is 0 Å². The second-order valence-electron chi connectivity index (χ2n) is 3.21. The summed E-state index contributed by atoms with van der Waals surface area (Å²) in [6, 6.07) is 0. The molecule has 6 nitrogen and oxygen atoms in total. The zero-order valence-corrected chi connectivity index (χ0v) is 8.27. The quantitative estimate of drug-likeness (QED) is 0.606. The van der Waals surface area contributed by atoms with Crippen molar-refractivity contribution in [2.75, 3.05) is 27.3 Å². The second-order valence-corrected chi connectivity index (χ2v) is 3.21. The molecule has 0 aromatic rings. The average molecular weight is 205 g/mol. The van der Waals surface area contributed by atoms with Crippen molar-refractivity contribution in [3.05, 3.63) is 0 Å². The van der Waals surface area contributed by atoms with Crippen molar-refractivity contribution in [2.45, 2.75) is 18.3 Å². The summed E-state index contributed by atoms with van der Waals surface area (Å²) in [5.41, 5.74) is 0. The van der Waals surface area contributed by atoms with Crippen LogP contribution in [0.2, 0.25) is 0 Å². The number of hydrogen-bond donors (Lipinski definition) is 2. The predicted octanol–water partition coefficient (Wildman–Crippen LogP) is -0.280. The molecule has 0 bridgehead atoms. The first kappa shape index (κ1) is 11.2. The minimum Gasteiger partial charge on any atom is -0.465 e. The summed E-state index contributed by atoms with van der Waals surface area (Å²) in [5.74, 6) is -1.06. The van der Waals surface area contributed by atoms with Gasteiger partial charge in [-0.2, -0.15) is 0 Å². The predicted molar refractivity (Wildman–Crippen MR) is 47.0 cm³/mol. The molecule has 0 aliphatic carbocycles. The van der Waals surface area contributed by atoms with Crippen molar-refractivity contribution >= 4 is 6.09 Å². The number of aliphatic hydroxyl groups is 1. The van der Waals surface area contributed by atoms with Crippen LogP contribution in [0.4, 0.5) is 4.79 Å². The highest BCUT2D eigenvalue weighted by molar-refractivity contribution is 5.65. The number of carboxylic acid groups (broad SMARTS) is 1. The highest BCUT2D eigenvalue weighted by Gasteiger charge is 2.44. The van der Waals surface area contributed by atoms with Gasteiger partial charge in [0.05, 0.1) is 6.54 Å². The number of amides is 1. The zero-order valence-electron chi connectivity index (χ0n) is 8.27. The van der Waals surface area contributed by atoms with Crippen molar-refractivity contribution in [1.29, 1.82) is 0 Å². The Labute approximate surface area is 82.0 Å². The van der Waals surface area contributed by atoms with Crippen LogP contribution in [0.5, 0.6) is 0 Å². The number of likely N-dealkylation sites (tertiary alicyclic amines) is 1. The maximum absolute atomic E-state index is 10.6. The summed E-state index contributed by atoms with van der Waals surface area (Å²) in [7, 11) is 2.87. The van der Waals surface area contributed by atoms with E-state index in [0.717, 1.165) is 4.90 Å². The Morgan fingerprint density at radius 2 is 2.07 bits per heavy atom. The van der Waals surface area contributed by atoms with E-state index in [9.17, 15) is 9.90 Å². The summed E-state index contributed by atoms with van der Waals surface area (Å²) in [5, 5.41) is 18.4. The number of ether oxygens (including phenoxy) is 2. The molecule has 14 heavy (non-hydrogen) atoms. The van der Waals surface area contributed by atoms with Crippen LogP contribution < -0.4 is 0 Å². The van der Waals surface area contributed by atoms with Gasteiger partial charge in [-0.1, -0.05) is 0 Å². The molecule has 1 atom stereocenters. The lowest BCUT2D eigenvalue weighted by Crippen LogP contribution is -2.58. The third kappa shape index (κ3) is 1.82. The van der Waals surface area contributed by atoms with Gasteiger partial charge < -0.3 is 24.6 Å². The molecule has 1 unspecified atom stereocenters. The van der Waals surface area contributed by atoms with Crippen LogP contribution in [0.1, 0.15) is 6.42 Å². The molecule has 0 radical (unpaired) electrons. The highest BCUT2D eigenvalue weighted by atomic mass is 16.7. The second kappa shape index (κ2) is 4.12. The van der Waals surface area contributed by atoms with Crippen LogP contribution >= 0.6 is 0 Å². The van der Waals surface area contributed by atoms with Gasteiger partial charge in [0, 0.05) is 27.2 Å². The first-order chi connectivity index (χ1) is 6.55. The number of methoxy groups -OCH3 is 2. The molecule has 1 aliphatic heterocycles. The molecule has 6 heteroatoms. The van der Waals surface area contributed by atoms with Crippen LogP contribution in [0.3, 0.4) is 0 Å². The van der Waals surface area contributed by atoms with Gasteiger partial charge in [-0.3, -0.25) is 0 Å². The number of β-amino-alcohol motifs (C(OH)–C–C–N with tert-alkyl or cyclic N) is 1. The summed E-state index contributed by atoms with van der Waals surface area (Å²) in [6.45, 7) is 0.311. The Balaban J connectivity index is 2.67. The van der Waals surface area contributed by atoms with Crippen LogP contribution in [0.15, 0.2) is 0 Å². The van der Waals surface area contributed by atoms with Gasteiger partial charge in [0.15, 0.2) is 5.79 Å². The smallest absolute Gasteiger partial charge is 0.407 e. The van der Waals surface area contributed by atoms with Gasteiger partial charge >= 0.3 is 6.09 Å². The van der Waals surface area contributed by atoms with Gasteiger partial charge in [-0.25, -0.2) is 4.79 Å². The van der Waals surface area contributed by atoms with Gasteiger partial charge in [-0.15, -0.1) is 0 Å². The number of aliphatic hydroxyl groups excluding tert-OH is 1. The normalized spacial score (nSPS) is 26.2. The van der Waals surface area contributed by atoms with E-state index in [1.807, 2.05) is 0 Å². The van der Waals surface area contributed by atoms with E-state index in [1.165, 1.54) is 14.2 Å². The Bertz CT molecular complexity index is 216. The Morgan fingerprint density at radius 1 is 1.50 bits per heavy atom. The zero-order chi connectivity index (χ0) is 10.8. The molecule has 0 saturated carbocycles. The molecule has 1 amide bonds. The van der Waals surface area contributed by atoms with Gasteiger partial charge in [-0.05, 0) is 0 Å². The third-order valence-electron chi connectivity index (χ3n) is 2.59. The van der Waals surface area contributed by atoms with Gasteiger partial charge in [0.1, 0.15) is 6.10 Å². The summed E-state index contributed by atoms with van der Waals surface area (Å²) < 4.78 is 10.2. The highest BCUT2D eigenvalue weighted by Crippen LogP contribution is 2.26. The number of piperidine rings is 1. The van der Waals surface area contributed by atoms with E-state index in [4.69, 9.17) is 14.6 Å². The molecular weight excluding hydrogens is 190 g/mol. The summed E-state index contributed by atoms with van der Waals surface area (Å²) in [6.07, 6.45) is -1.67. The fourth-order valence-corrected chi connectivity index (χ4v) is 1.63. The molecule has 82 valence electrons. The van der Waals surface area contributed by atoms with Crippen LogP contribution in [-0.4, -0.2) is 60.4 Å². The first-order valence-electron chi connectivity index (χ1n) is 4.32. The Morgan fingerprint density at radius 3 is 2.43 bits per heavy atom. The van der Waals surface area contributed by atoms with E-state index in [0.29, 0.717) is 13.0 Å².